The first-order chi connectivity index (χ1) is 10.9. The van der Waals surface area contributed by atoms with Gasteiger partial charge < -0.3 is 10.1 Å². The average Bonchev–Trinajstić information content (AvgIpc) is 2.77. The maximum Gasteiger partial charge on any atom is 0.344 e. The van der Waals surface area contributed by atoms with Crippen LogP contribution < -0.4 is 15.5 Å². The Labute approximate surface area is 135 Å². The Balaban J connectivity index is 2.05. The molecule has 0 spiro atoms. The molecule has 0 aliphatic carbocycles. The lowest BCUT2D eigenvalue weighted by Gasteiger charge is -2.22. The minimum atomic E-state index is -0.994. The number of para-hydroxylation sites is 1. The van der Waals surface area contributed by atoms with E-state index in [4.69, 9.17) is 4.74 Å². The fraction of sp³-hybridized carbons (Fsp3) is 0.438. The summed E-state index contributed by atoms with van der Waals surface area (Å²) in [6, 6.07) is 8.26. The number of rotatable bonds is 6. The highest BCUT2D eigenvalue weighted by molar-refractivity contribution is 6.07. The molecule has 4 amide bonds. The van der Waals surface area contributed by atoms with Crippen LogP contribution in [0.2, 0.25) is 0 Å². The molecule has 2 N–H and O–H groups in total. The second-order valence-electron chi connectivity index (χ2n) is 5.56. The predicted octanol–water partition coefficient (Wildman–Crippen LogP) is 1.60. The molecule has 1 heterocycles. The zero-order chi connectivity index (χ0) is 17.0. The SMILES string of the molecule is CC[C@@H](Oc1ccccc1)C(=O)NN1C(=O)N[C@](C)(CC)C1=O. The van der Waals surface area contributed by atoms with Crippen molar-refractivity contribution in [3.63, 3.8) is 0 Å². The van der Waals surface area contributed by atoms with E-state index in [1.165, 1.54) is 0 Å². The Morgan fingerprint density at radius 3 is 2.48 bits per heavy atom. The zero-order valence-electron chi connectivity index (χ0n) is 13.5. The van der Waals surface area contributed by atoms with E-state index in [9.17, 15) is 14.4 Å². The van der Waals surface area contributed by atoms with Crippen LogP contribution in [0.1, 0.15) is 33.6 Å². The van der Waals surface area contributed by atoms with Crippen molar-refractivity contribution >= 4 is 17.8 Å². The van der Waals surface area contributed by atoms with Gasteiger partial charge in [0.2, 0.25) is 0 Å². The Morgan fingerprint density at radius 1 is 1.30 bits per heavy atom. The van der Waals surface area contributed by atoms with Crippen molar-refractivity contribution in [2.45, 2.75) is 45.3 Å². The Bertz CT molecular complexity index is 605. The van der Waals surface area contributed by atoms with Gasteiger partial charge in [0, 0.05) is 0 Å². The van der Waals surface area contributed by atoms with Gasteiger partial charge in [-0.05, 0) is 31.9 Å². The summed E-state index contributed by atoms with van der Waals surface area (Å²) in [5.41, 5.74) is 1.35. The number of carbonyl (C=O) groups excluding carboxylic acids is 3. The van der Waals surface area contributed by atoms with Crippen LogP contribution in [-0.2, 0) is 9.59 Å². The Kier molecular flexibility index (Phi) is 4.88. The molecule has 7 heteroatoms. The normalized spacial score (nSPS) is 21.8. The maximum atomic E-state index is 12.3. The molecule has 23 heavy (non-hydrogen) atoms. The molecule has 0 radical (unpaired) electrons. The number of nitrogens with zero attached hydrogens (tertiary/aromatic N) is 1. The number of carbonyl (C=O) groups is 3. The molecule has 0 unspecified atom stereocenters. The molecule has 1 saturated heterocycles. The summed E-state index contributed by atoms with van der Waals surface area (Å²) >= 11 is 0. The maximum absolute atomic E-state index is 12.3. The van der Waals surface area contributed by atoms with Crippen LogP contribution in [-0.4, -0.2) is 34.5 Å². The van der Waals surface area contributed by atoms with Crippen LogP contribution in [0.3, 0.4) is 0 Å². The quantitative estimate of drug-likeness (QED) is 0.780. The van der Waals surface area contributed by atoms with Gasteiger partial charge in [0.15, 0.2) is 6.10 Å². The van der Waals surface area contributed by atoms with E-state index in [-0.39, 0.29) is 0 Å². The molecule has 1 aliphatic rings. The second-order valence-corrected chi connectivity index (χ2v) is 5.56. The fourth-order valence-electron chi connectivity index (χ4n) is 2.19. The molecule has 0 aromatic heterocycles. The molecule has 1 aromatic rings. The minimum absolute atomic E-state index is 0.398. The van der Waals surface area contributed by atoms with Crippen molar-refractivity contribution in [3.8, 4) is 5.75 Å². The fourth-order valence-corrected chi connectivity index (χ4v) is 2.19. The van der Waals surface area contributed by atoms with Gasteiger partial charge in [0.05, 0.1) is 0 Å². The third-order valence-electron chi connectivity index (χ3n) is 3.87. The van der Waals surface area contributed by atoms with Crippen molar-refractivity contribution < 1.29 is 19.1 Å². The Morgan fingerprint density at radius 2 is 1.96 bits per heavy atom. The number of hydrogen-bond acceptors (Lipinski definition) is 4. The van der Waals surface area contributed by atoms with Crippen LogP contribution in [0.25, 0.3) is 0 Å². The largest absolute Gasteiger partial charge is 0.481 e. The summed E-state index contributed by atoms with van der Waals surface area (Å²) in [5.74, 6) is -0.474. The van der Waals surface area contributed by atoms with Gasteiger partial charge in [-0.15, -0.1) is 0 Å². The number of hydrogen-bond donors (Lipinski definition) is 2. The summed E-state index contributed by atoms with van der Waals surface area (Å²) in [5, 5.41) is 3.30. The number of urea groups is 1. The highest BCUT2D eigenvalue weighted by Crippen LogP contribution is 2.19. The predicted molar refractivity (Wildman–Crippen MR) is 83.4 cm³/mol. The van der Waals surface area contributed by atoms with Gasteiger partial charge in [-0.3, -0.25) is 15.0 Å². The van der Waals surface area contributed by atoms with E-state index in [2.05, 4.69) is 10.7 Å². The third-order valence-corrected chi connectivity index (χ3v) is 3.87. The van der Waals surface area contributed by atoms with E-state index < -0.39 is 29.5 Å². The highest BCUT2D eigenvalue weighted by atomic mass is 16.5. The highest BCUT2D eigenvalue weighted by Gasteiger charge is 2.47. The van der Waals surface area contributed by atoms with Gasteiger partial charge in [-0.1, -0.05) is 32.0 Å². The molecule has 2 rings (SSSR count). The van der Waals surface area contributed by atoms with Crippen LogP contribution in [0.5, 0.6) is 5.75 Å². The lowest BCUT2D eigenvalue weighted by molar-refractivity contribution is -0.141. The smallest absolute Gasteiger partial charge is 0.344 e. The number of amides is 4. The van der Waals surface area contributed by atoms with Crippen molar-refractivity contribution in [2.24, 2.45) is 0 Å². The molecule has 124 valence electrons. The number of benzene rings is 1. The monoisotopic (exact) mass is 319 g/mol. The summed E-state index contributed by atoms with van der Waals surface area (Å²) < 4.78 is 5.60. The number of nitrogens with one attached hydrogen (secondary N) is 2. The van der Waals surface area contributed by atoms with Crippen LogP contribution in [0.4, 0.5) is 4.79 Å². The number of ether oxygens (including phenoxy) is 1. The first-order valence-corrected chi connectivity index (χ1v) is 7.60. The van der Waals surface area contributed by atoms with Gasteiger partial charge >= 0.3 is 6.03 Å². The van der Waals surface area contributed by atoms with Gasteiger partial charge in [-0.2, -0.15) is 5.01 Å². The molecule has 1 fully saturated rings. The molecule has 1 aliphatic heterocycles. The summed E-state index contributed by atoms with van der Waals surface area (Å²) in [6.45, 7) is 5.20. The van der Waals surface area contributed by atoms with E-state index in [0.29, 0.717) is 18.6 Å². The molecule has 2 atom stereocenters. The average molecular weight is 319 g/mol. The zero-order valence-corrected chi connectivity index (χ0v) is 13.5. The summed E-state index contributed by atoms with van der Waals surface area (Å²) in [7, 11) is 0. The van der Waals surface area contributed by atoms with Gasteiger partial charge in [-0.25, -0.2) is 4.79 Å². The molecular formula is C16H21N3O4. The second kappa shape index (κ2) is 6.68. The van der Waals surface area contributed by atoms with Crippen LogP contribution >= 0.6 is 0 Å². The standard InChI is InChI=1S/C16H21N3O4/c1-4-12(23-11-9-7-6-8-10-11)13(20)18-19-14(21)16(3,5-2)17-15(19)22/h6-10,12H,4-5H2,1-3H3,(H,17,22)(H,18,20)/t12-,16-/m1/s1. The van der Waals surface area contributed by atoms with Crippen molar-refractivity contribution in [2.75, 3.05) is 0 Å². The molecule has 7 nitrogen and oxygen atoms in total. The van der Waals surface area contributed by atoms with Crippen molar-refractivity contribution in [1.29, 1.82) is 0 Å². The van der Waals surface area contributed by atoms with E-state index in [0.717, 1.165) is 5.01 Å². The first kappa shape index (κ1) is 16.8. The Hall–Kier alpha value is -2.57. The van der Waals surface area contributed by atoms with Gasteiger partial charge in [0.25, 0.3) is 11.8 Å². The summed E-state index contributed by atoms with van der Waals surface area (Å²) in [4.78, 5) is 36.5. The lowest BCUT2D eigenvalue weighted by atomic mass is 10.00. The van der Waals surface area contributed by atoms with E-state index in [1.807, 2.05) is 6.07 Å². The lowest BCUT2D eigenvalue weighted by Crippen LogP contribution is -2.52. The minimum Gasteiger partial charge on any atom is -0.481 e. The molecule has 1 aromatic carbocycles. The number of hydrazine groups is 1. The number of imide groups is 1. The van der Waals surface area contributed by atoms with Crippen molar-refractivity contribution in [1.82, 2.24) is 15.8 Å². The summed E-state index contributed by atoms with van der Waals surface area (Å²) in [6.07, 6.45) is 0.0309. The van der Waals surface area contributed by atoms with Crippen molar-refractivity contribution in [3.05, 3.63) is 30.3 Å². The topological polar surface area (TPSA) is 87.7 Å². The molecular weight excluding hydrogens is 298 g/mol. The van der Waals surface area contributed by atoms with Gasteiger partial charge in [0.1, 0.15) is 11.3 Å². The van der Waals surface area contributed by atoms with Crippen LogP contribution in [0, 0.1) is 0 Å². The molecule has 0 bridgehead atoms. The first-order valence-electron chi connectivity index (χ1n) is 7.60. The van der Waals surface area contributed by atoms with E-state index >= 15 is 0 Å². The third kappa shape index (κ3) is 3.44. The van der Waals surface area contributed by atoms with E-state index in [1.54, 1.807) is 45.0 Å². The molecule has 0 saturated carbocycles. The van der Waals surface area contributed by atoms with Crippen LogP contribution in [0.15, 0.2) is 30.3 Å².